The van der Waals surface area contributed by atoms with Gasteiger partial charge >= 0.3 is 0 Å². The summed E-state index contributed by atoms with van der Waals surface area (Å²) in [6.45, 7) is 5.52. The highest BCUT2D eigenvalue weighted by atomic mass is 16.3. The van der Waals surface area contributed by atoms with E-state index in [-0.39, 0.29) is 5.56 Å². The Bertz CT molecular complexity index is 824. The molecule has 2 aromatic rings. The first kappa shape index (κ1) is 12.6. The number of hydrogen-bond donors (Lipinski definition) is 2. The van der Waals surface area contributed by atoms with Gasteiger partial charge in [0, 0.05) is 16.5 Å². The largest absolute Gasteiger partial charge is 0.384 e. The number of fused-ring (bicyclic) bond motifs is 3. The molecule has 0 amide bonds. The molecule has 1 heterocycles. The lowest BCUT2D eigenvalue weighted by Crippen LogP contribution is -2.11. The van der Waals surface area contributed by atoms with Gasteiger partial charge in [-0.3, -0.25) is 4.79 Å². The summed E-state index contributed by atoms with van der Waals surface area (Å²) in [5.41, 5.74) is 3.05. The van der Waals surface area contributed by atoms with Crippen LogP contribution in [0, 0.1) is 0 Å². The van der Waals surface area contributed by atoms with Gasteiger partial charge in [-0.1, -0.05) is 43.0 Å². The third-order valence-electron chi connectivity index (χ3n) is 3.75. The quantitative estimate of drug-likeness (QED) is 0.820. The first-order chi connectivity index (χ1) is 9.65. The summed E-state index contributed by atoms with van der Waals surface area (Å²) in [5.74, 6) is 0. The minimum atomic E-state index is -0.684. The number of pyridine rings is 1. The van der Waals surface area contributed by atoms with Gasteiger partial charge in [0.15, 0.2) is 0 Å². The molecular formula is C17H15NO2. The lowest BCUT2D eigenvalue weighted by atomic mass is 10.0. The molecule has 3 heteroatoms. The lowest BCUT2D eigenvalue weighted by molar-refractivity contribution is 0.221. The maximum absolute atomic E-state index is 12.2. The Morgan fingerprint density at radius 3 is 2.70 bits per heavy atom. The highest BCUT2D eigenvalue weighted by Crippen LogP contribution is 2.42. The van der Waals surface area contributed by atoms with E-state index >= 15 is 0 Å². The standard InChI is InChI=1S/C17H15NO2/c1-3-4-7-11-10(2)16(19)14-12-8-5-6-9-13(12)17(20)18-15(11)14/h3-9,16,19H,1H2,2H3,(H,18,20)/b7-4-. The smallest absolute Gasteiger partial charge is 0.256 e. The number of aliphatic hydroxyl groups excluding tert-OH is 1. The number of H-pyrrole nitrogens is 1. The fraction of sp³-hybridized carbons (Fsp3) is 0.118. The molecule has 1 aliphatic rings. The predicted octanol–water partition coefficient (Wildman–Crippen LogP) is 3.09. The van der Waals surface area contributed by atoms with Crippen molar-refractivity contribution in [3.63, 3.8) is 0 Å². The molecule has 100 valence electrons. The molecule has 0 bridgehead atoms. The molecule has 0 saturated heterocycles. The van der Waals surface area contributed by atoms with Crippen molar-refractivity contribution < 1.29 is 5.11 Å². The second-order valence-electron chi connectivity index (χ2n) is 4.88. The normalized spacial score (nSPS) is 18.0. The zero-order valence-electron chi connectivity index (χ0n) is 11.2. The first-order valence-corrected chi connectivity index (χ1v) is 6.48. The van der Waals surface area contributed by atoms with Crippen LogP contribution in [-0.2, 0) is 0 Å². The molecule has 0 aliphatic heterocycles. The van der Waals surface area contributed by atoms with Crippen LogP contribution in [0.15, 0.2) is 59.4 Å². The number of nitrogens with one attached hydrogen (secondary N) is 1. The number of rotatable bonds is 2. The summed E-state index contributed by atoms with van der Waals surface area (Å²) in [4.78, 5) is 15.1. The number of hydrogen-bond acceptors (Lipinski definition) is 2. The summed E-state index contributed by atoms with van der Waals surface area (Å²) in [6.07, 6.45) is 4.65. The molecule has 3 nitrogen and oxygen atoms in total. The molecule has 1 aromatic heterocycles. The van der Waals surface area contributed by atoms with Gasteiger partial charge in [-0.05, 0) is 23.9 Å². The topological polar surface area (TPSA) is 53.1 Å². The second kappa shape index (κ2) is 4.62. The van der Waals surface area contributed by atoms with Crippen molar-refractivity contribution in [1.29, 1.82) is 0 Å². The van der Waals surface area contributed by atoms with E-state index in [0.717, 1.165) is 22.1 Å². The van der Waals surface area contributed by atoms with Gasteiger partial charge in [0.05, 0.1) is 5.69 Å². The van der Waals surface area contributed by atoms with Gasteiger partial charge < -0.3 is 10.1 Å². The SMILES string of the molecule is C=C/C=C\C1=C(C)C(O)c2c1[nH]c(=O)c1ccccc21. The van der Waals surface area contributed by atoms with Crippen LogP contribution in [-0.4, -0.2) is 10.1 Å². The number of benzene rings is 1. The Kier molecular flexibility index (Phi) is 2.92. The van der Waals surface area contributed by atoms with E-state index in [4.69, 9.17) is 0 Å². The van der Waals surface area contributed by atoms with E-state index < -0.39 is 6.10 Å². The molecule has 0 saturated carbocycles. The Labute approximate surface area is 116 Å². The average Bonchev–Trinajstić information content (AvgIpc) is 2.69. The molecule has 1 aromatic carbocycles. The monoisotopic (exact) mass is 265 g/mol. The van der Waals surface area contributed by atoms with Crippen molar-refractivity contribution in [3.8, 4) is 0 Å². The van der Waals surface area contributed by atoms with Crippen LogP contribution in [0.2, 0.25) is 0 Å². The number of allylic oxidation sites excluding steroid dienone is 4. The van der Waals surface area contributed by atoms with Crippen molar-refractivity contribution in [1.82, 2.24) is 4.98 Å². The van der Waals surface area contributed by atoms with E-state index in [9.17, 15) is 9.90 Å². The molecule has 0 radical (unpaired) electrons. The van der Waals surface area contributed by atoms with E-state index in [1.54, 1.807) is 18.2 Å². The Balaban J connectivity index is 2.38. The van der Waals surface area contributed by atoms with Crippen LogP contribution >= 0.6 is 0 Å². The van der Waals surface area contributed by atoms with Gasteiger partial charge in [0.25, 0.3) is 5.56 Å². The van der Waals surface area contributed by atoms with Gasteiger partial charge in [-0.2, -0.15) is 0 Å². The van der Waals surface area contributed by atoms with Crippen molar-refractivity contribution in [2.24, 2.45) is 0 Å². The zero-order valence-corrected chi connectivity index (χ0v) is 11.2. The van der Waals surface area contributed by atoms with Crippen LogP contribution in [0.5, 0.6) is 0 Å². The van der Waals surface area contributed by atoms with Crippen molar-refractivity contribution in [3.05, 3.63) is 76.3 Å². The van der Waals surface area contributed by atoms with Crippen molar-refractivity contribution >= 4 is 16.3 Å². The molecule has 3 rings (SSSR count). The first-order valence-electron chi connectivity index (χ1n) is 6.48. The molecule has 20 heavy (non-hydrogen) atoms. The molecule has 0 spiro atoms. The van der Waals surface area contributed by atoms with Crippen LogP contribution in [0.4, 0.5) is 0 Å². The van der Waals surface area contributed by atoms with Gasteiger partial charge in [-0.15, -0.1) is 0 Å². The summed E-state index contributed by atoms with van der Waals surface area (Å²) >= 11 is 0. The van der Waals surface area contributed by atoms with E-state index in [2.05, 4.69) is 11.6 Å². The van der Waals surface area contributed by atoms with Crippen LogP contribution in [0.3, 0.4) is 0 Å². The maximum atomic E-state index is 12.2. The molecule has 1 atom stereocenters. The third-order valence-corrected chi connectivity index (χ3v) is 3.75. The van der Waals surface area contributed by atoms with Crippen molar-refractivity contribution in [2.45, 2.75) is 13.0 Å². The van der Waals surface area contributed by atoms with E-state index in [0.29, 0.717) is 11.1 Å². The highest BCUT2D eigenvalue weighted by molar-refractivity contribution is 5.94. The Hall–Kier alpha value is -2.39. The summed E-state index contributed by atoms with van der Waals surface area (Å²) in [5, 5.41) is 11.9. The molecule has 1 aliphatic carbocycles. The minimum Gasteiger partial charge on any atom is -0.384 e. The summed E-state index contributed by atoms with van der Waals surface area (Å²) in [7, 11) is 0. The molecule has 0 fully saturated rings. The van der Waals surface area contributed by atoms with Crippen LogP contribution in [0.25, 0.3) is 16.3 Å². The number of aromatic amines is 1. The molecule has 2 N–H and O–H groups in total. The van der Waals surface area contributed by atoms with E-state index in [1.807, 2.05) is 31.2 Å². The summed E-state index contributed by atoms with van der Waals surface area (Å²) < 4.78 is 0. The summed E-state index contributed by atoms with van der Waals surface area (Å²) in [6, 6.07) is 7.35. The molecule has 1 unspecified atom stereocenters. The predicted molar refractivity (Wildman–Crippen MR) is 81.5 cm³/mol. The Morgan fingerprint density at radius 1 is 1.30 bits per heavy atom. The maximum Gasteiger partial charge on any atom is 0.256 e. The zero-order chi connectivity index (χ0) is 14.3. The average molecular weight is 265 g/mol. The fourth-order valence-corrected chi connectivity index (χ4v) is 2.74. The van der Waals surface area contributed by atoms with Gasteiger partial charge in [-0.25, -0.2) is 0 Å². The number of aromatic nitrogens is 1. The highest BCUT2D eigenvalue weighted by Gasteiger charge is 2.29. The number of aliphatic hydroxyl groups is 1. The van der Waals surface area contributed by atoms with Crippen LogP contribution < -0.4 is 5.56 Å². The van der Waals surface area contributed by atoms with Gasteiger partial charge in [0.1, 0.15) is 6.10 Å². The van der Waals surface area contributed by atoms with Crippen LogP contribution in [0.1, 0.15) is 24.3 Å². The lowest BCUT2D eigenvalue weighted by Gasteiger charge is -2.09. The minimum absolute atomic E-state index is 0.134. The van der Waals surface area contributed by atoms with Crippen molar-refractivity contribution in [2.75, 3.05) is 0 Å². The third kappa shape index (κ3) is 1.67. The molecular weight excluding hydrogens is 250 g/mol. The van der Waals surface area contributed by atoms with Gasteiger partial charge in [0.2, 0.25) is 0 Å². The van der Waals surface area contributed by atoms with E-state index in [1.165, 1.54) is 0 Å². The Morgan fingerprint density at radius 2 is 2.00 bits per heavy atom. The fourth-order valence-electron chi connectivity index (χ4n) is 2.74. The second-order valence-corrected chi connectivity index (χ2v) is 4.88.